The van der Waals surface area contributed by atoms with E-state index < -0.39 is 0 Å². The number of ether oxygens (including phenoxy) is 3. The fourth-order valence-corrected chi connectivity index (χ4v) is 2.38. The first-order chi connectivity index (χ1) is 10.2. The molecule has 0 saturated carbocycles. The van der Waals surface area contributed by atoms with Crippen molar-refractivity contribution < 1.29 is 14.2 Å². The van der Waals surface area contributed by atoms with Crippen LogP contribution in [-0.4, -0.2) is 88.2 Å². The molecule has 0 atom stereocenters. The fraction of sp³-hybridized carbons (Fsp3) is 1.00. The van der Waals surface area contributed by atoms with Gasteiger partial charge in [-0.2, -0.15) is 0 Å². The molecule has 1 saturated heterocycles. The van der Waals surface area contributed by atoms with Gasteiger partial charge in [0, 0.05) is 45.4 Å². The molecule has 1 fully saturated rings. The molecule has 0 amide bonds. The maximum Gasteiger partial charge on any atom is 0.0701 e. The Morgan fingerprint density at radius 1 is 0.762 bits per heavy atom. The van der Waals surface area contributed by atoms with Crippen LogP contribution >= 0.6 is 0 Å². The third-order valence-corrected chi connectivity index (χ3v) is 3.78. The van der Waals surface area contributed by atoms with E-state index in [1.54, 1.807) is 0 Å². The summed E-state index contributed by atoms with van der Waals surface area (Å²) in [6.45, 7) is 16.7. The number of hydrogen-bond donors (Lipinski definition) is 0. The molecule has 0 unspecified atom stereocenters. The van der Waals surface area contributed by atoms with Crippen LogP contribution in [0.15, 0.2) is 0 Å². The van der Waals surface area contributed by atoms with Gasteiger partial charge in [-0.05, 0) is 20.3 Å². The van der Waals surface area contributed by atoms with Crippen LogP contribution in [0.5, 0.6) is 0 Å². The maximum absolute atomic E-state index is 5.62. The molecule has 1 rings (SSSR count). The summed E-state index contributed by atoms with van der Waals surface area (Å²) >= 11 is 0. The first-order valence-electron chi connectivity index (χ1n) is 8.43. The SMILES string of the molecule is CCCOCCOCCOCCN1CCN(C(C)C)CC1. The molecular weight excluding hydrogens is 268 g/mol. The van der Waals surface area contributed by atoms with Crippen molar-refractivity contribution in [3.63, 3.8) is 0 Å². The van der Waals surface area contributed by atoms with Crippen molar-refractivity contribution >= 4 is 0 Å². The van der Waals surface area contributed by atoms with Crippen LogP contribution in [0, 0.1) is 0 Å². The molecule has 0 aliphatic carbocycles. The molecule has 0 radical (unpaired) electrons. The molecule has 126 valence electrons. The van der Waals surface area contributed by atoms with Crippen molar-refractivity contribution in [2.45, 2.75) is 33.2 Å². The van der Waals surface area contributed by atoms with Gasteiger partial charge in [-0.15, -0.1) is 0 Å². The molecule has 1 aliphatic rings. The smallest absolute Gasteiger partial charge is 0.0701 e. The molecule has 1 heterocycles. The van der Waals surface area contributed by atoms with Crippen molar-refractivity contribution in [1.82, 2.24) is 9.80 Å². The normalized spacial score (nSPS) is 17.7. The zero-order valence-corrected chi connectivity index (χ0v) is 14.2. The highest BCUT2D eigenvalue weighted by atomic mass is 16.5. The Kier molecular flexibility index (Phi) is 11.1. The molecule has 5 heteroatoms. The van der Waals surface area contributed by atoms with Gasteiger partial charge in [0.05, 0.1) is 33.0 Å². The van der Waals surface area contributed by atoms with Crippen LogP contribution in [0.4, 0.5) is 0 Å². The number of nitrogens with zero attached hydrogens (tertiary/aromatic N) is 2. The highest BCUT2D eigenvalue weighted by molar-refractivity contribution is 4.73. The van der Waals surface area contributed by atoms with E-state index in [2.05, 4.69) is 30.6 Å². The summed E-state index contributed by atoms with van der Waals surface area (Å²) in [7, 11) is 0. The number of rotatable bonds is 12. The Bertz CT molecular complexity index is 232. The van der Waals surface area contributed by atoms with Crippen molar-refractivity contribution in [2.24, 2.45) is 0 Å². The third kappa shape index (κ3) is 9.42. The van der Waals surface area contributed by atoms with Gasteiger partial charge in [0.15, 0.2) is 0 Å². The Balaban J connectivity index is 1.83. The van der Waals surface area contributed by atoms with Crippen molar-refractivity contribution in [3.8, 4) is 0 Å². The van der Waals surface area contributed by atoms with E-state index in [0.717, 1.165) is 39.3 Å². The van der Waals surface area contributed by atoms with Gasteiger partial charge in [-0.3, -0.25) is 9.80 Å². The van der Waals surface area contributed by atoms with Crippen LogP contribution in [0.2, 0.25) is 0 Å². The molecular formula is C16H34N2O3. The Morgan fingerprint density at radius 2 is 1.29 bits per heavy atom. The third-order valence-electron chi connectivity index (χ3n) is 3.78. The average Bonchev–Trinajstić information content (AvgIpc) is 2.49. The summed E-state index contributed by atoms with van der Waals surface area (Å²) in [6.07, 6.45) is 1.06. The zero-order chi connectivity index (χ0) is 15.3. The minimum absolute atomic E-state index is 0.663. The van der Waals surface area contributed by atoms with Crippen LogP contribution in [0.1, 0.15) is 27.2 Å². The molecule has 0 spiro atoms. The monoisotopic (exact) mass is 302 g/mol. The lowest BCUT2D eigenvalue weighted by molar-refractivity contribution is 0.00724. The van der Waals surface area contributed by atoms with Gasteiger partial charge in [0.1, 0.15) is 0 Å². The van der Waals surface area contributed by atoms with Crippen molar-refractivity contribution in [2.75, 3.05) is 72.4 Å². The minimum atomic E-state index is 0.663. The molecule has 0 aromatic rings. The van der Waals surface area contributed by atoms with Gasteiger partial charge in [-0.25, -0.2) is 0 Å². The van der Waals surface area contributed by atoms with E-state index in [1.807, 2.05) is 0 Å². The standard InChI is InChI=1S/C16H34N2O3/c1-4-10-19-12-14-21-15-13-20-11-9-17-5-7-18(8-6-17)16(2)3/h16H,4-15H2,1-3H3. The summed E-state index contributed by atoms with van der Waals surface area (Å²) in [5.74, 6) is 0. The van der Waals surface area contributed by atoms with Gasteiger partial charge in [-0.1, -0.05) is 6.92 Å². The molecule has 21 heavy (non-hydrogen) atoms. The summed E-state index contributed by atoms with van der Waals surface area (Å²) in [5.41, 5.74) is 0. The minimum Gasteiger partial charge on any atom is -0.379 e. The highest BCUT2D eigenvalue weighted by Gasteiger charge is 2.17. The highest BCUT2D eigenvalue weighted by Crippen LogP contribution is 2.05. The largest absolute Gasteiger partial charge is 0.379 e. The second-order valence-electron chi connectivity index (χ2n) is 5.81. The summed E-state index contributed by atoms with van der Waals surface area (Å²) in [4.78, 5) is 5.02. The second-order valence-corrected chi connectivity index (χ2v) is 5.81. The maximum atomic E-state index is 5.62. The summed E-state index contributed by atoms with van der Waals surface area (Å²) in [5, 5.41) is 0. The Hall–Kier alpha value is -0.200. The molecule has 0 aromatic heterocycles. The van der Waals surface area contributed by atoms with E-state index in [1.165, 1.54) is 13.1 Å². The van der Waals surface area contributed by atoms with Crippen LogP contribution in [0.25, 0.3) is 0 Å². The van der Waals surface area contributed by atoms with Crippen LogP contribution in [0.3, 0.4) is 0 Å². The summed E-state index contributed by atoms with van der Waals surface area (Å²) < 4.78 is 16.4. The van der Waals surface area contributed by atoms with Gasteiger partial charge in [0.2, 0.25) is 0 Å². The Labute approximate surface area is 130 Å². The predicted molar refractivity (Wildman–Crippen MR) is 85.9 cm³/mol. The number of hydrogen-bond acceptors (Lipinski definition) is 5. The fourth-order valence-electron chi connectivity index (χ4n) is 2.38. The first-order valence-corrected chi connectivity index (χ1v) is 8.43. The van der Waals surface area contributed by atoms with Gasteiger partial charge >= 0.3 is 0 Å². The zero-order valence-electron chi connectivity index (χ0n) is 14.2. The average molecular weight is 302 g/mol. The molecule has 0 N–H and O–H groups in total. The first kappa shape index (κ1) is 18.8. The van der Waals surface area contributed by atoms with E-state index in [9.17, 15) is 0 Å². The van der Waals surface area contributed by atoms with Crippen molar-refractivity contribution in [1.29, 1.82) is 0 Å². The van der Waals surface area contributed by atoms with Gasteiger partial charge in [0.25, 0.3) is 0 Å². The lowest BCUT2D eigenvalue weighted by Gasteiger charge is -2.36. The topological polar surface area (TPSA) is 34.2 Å². The quantitative estimate of drug-likeness (QED) is 0.510. The molecule has 5 nitrogen and oxygen atoms in total. The van der Waals surface area contributed by atoms with Crippen LogP contribution < -0.4 is 0 Å². The predicted octanol–water partition coefficient (Wildman–Crippen LogP) is 1.47. The van der Waals surface area contributed by atoms with E-state index >= 15 is 0 Å². The lowest BCUT2D eigenvalue weighted by Crippen LogP contribution is -2.49. The number of piperazine rings is 1. The van der Waals surface area contributed by atoms with E-state index in [0.29, 0.717) is 32.5 Å². The summed E-state index contributed by atoms with van der Waals surface area (Å²) in [6, 6.07) is 0.668. The Morgan fingerprint density at radius 3 is 1.81 bits per heavy atom. The van der Waals surface area contributed by atoms with Gasteiger partial charge < -0.3 is 14.2 Å². The second kappa shape index (κ2) is 12.4. The van der Waals surface area contributed by atoms with Crippen LogP contribution in [-0.2, 0) is 14.2 Å². The van der Waals surface area contributed by atoms with E-state index in [-0.39, 0.29) is 0 Å². The lowest BCUT2D eigenvalue weighted by atomic mass is 10.2. The van der Waals surface area contributed by atoms with Crippen molar-refractivity contribution in [3.05, 3.63) is 0 Å². The molecule has 1 aliphatic heterocycles. The molecule has 0 aromatic carbocycles. The van der Waals surface area contributed by atoms with E-state index in [4.69, 9.17) is 14.2 Å². The molecule has 0 bridgehead atoms.